The molecule has 2 aromatic rings. The first kappa shape index (κ1) is 22.9. The Labute approximate surface area is 204 Å². The van der Waals surface area contributed by atoms with Crippen molar-refractivity contribution in [3.8, 4) is 0 Å². The first-order chi connectivity index (χ1) is 17.1. The van der Waals surface area contributed by atoms with Crippen LogP contribution in [-0.4, -0.2) is 89.6 Å². The molecule has 1 N–H and O–H groups in total. The maximum Gasteiger partial charge on any atom is 0.410 e. The van der Waals surface area contributed by atoms with Crippen LogP contribution in [0.25, 0.3) is 0 Å². The van der Waals surface area contributed by atoms with Gasteiger partial charge in [-0.05, 0) is 36.6 Å². The number of hydrogen-bond donors (Lipinski definition) is 1. The lowest BCUT2D eigenvalue weighted by molar-refractivity contribution is -0.135. The molecule has 184 valence electrons. The zero-order valence-corrected chi connectivity index (χ0v) is 19.6. The third kappa shape index (κ3) is 5.16. The van der Waals surface area contributed by atoms with Crippen LogP contribution in [0, 0.1) is 0 Å². The second-order valence-electron chi connectivity index (χ2n) is 9.06. The van der Waals surface area contributed by atoms with Crippen molar-refractivity contribution in [3.05, 3.63) is 54.4 Å². The number of likely N-dealkylation sites (tertiary alicyclic amines) is 1. The molecule has 0 aliphatic carbocycles. The van der Waals surface area contributed by atoms with E-state index in [0.29, 0.717) is 45.6 Å². The summed E-state index contributed by atoms with van der Waals surface area (Å²) in [5.74, 6) is -0.175. The number of hydrogen-bond acceptors (Lipinski definition) is 6. The smallest absolute Gasteiger partial charge is 0.410 e. The lowest BCUT2D eigenvalue weighted by Gasteiger charge is -2.40. The Morgan fingerprint density at radius 1 is 0.943 bits per heavy atom. The minimum Gasteiger partial charge on any atom is -0.439 e. The van der Waals surface area contributed by atoms with E-state index >= 15 is 0 Å². The van der Waals surface area contributed by atoms with Crippen molar-refractivity contribution in [2.75, 3.05) is 56.1 Å². The van der Waals surface area contributed by atoms with Crippen LogP contribution in [0.3, 0.4) is 0 Å². The Bertz CT molecular complexity index is 1060. The molecule has 1 aromatic heterocycles. The quantitative estimate of drug-likeness (QED) is 0.725. The molecule has 3 aliphatic rings. The molecule has 3 aliphatic heterocycles. The van der Waals surface area contributed by atoms with E-state index in [1.807, 2.05) is 41.3 Å². The molecule has 0 spiro atoms. The Hall–Kier alpha value is -3.82. The maximum absolute atomic E-state index is 12.6. The third-order valence-corrected chi connectivity index (χ3v) is 7.00. The summed E-state index contributed by atoms with van der Waals surface area (Å²) in [7, 11) is 0. The van der Waals surface area contributed by atoms with E-state index in [4.69, 9.17) is 4.74 Å². The first-order valence-corrected chi connectivity index (χ1v) is 12.1. The molecule has 2 saturated heterocycles. The Morgan fingerprint density at radius 2 is 1.66 bits per heavy atom. The Morgan fingerprint density at radius 3 is 2.40 bits per heavy atom. The summed E-state index contributed by atoms with van der Waals surface area (Å²) in [4.78, 5) is 49.2. The van der Waals surface area contributed by atoms with Crippen molar-refractivity contribution >= 4 is 29.4 Å². The van der Waals surface area contributed by atoms with E-state index in [-0.39, 0.29) is 24.6 Å². The van der Waals surface area contributed by atoms with Gasteiger partial charge in [0.05, 0.1) is 0 Å². The number of urea groups is 1. The fraction of sp³-hybridized carbons (Fsp3) is 0.440. The number of carbonyl (C=O) groups is 3. The lowest BCUT2D eigenvalue weighted by Crippen LogP contribution is -2.52. The lowest BCUT2D eigenvalue weighted by atomic mass is 10.0. The second kappa shape index (κ2) is 10.2. The van der Waals surface area contributed by atoms with Crippen molar-refractivity contribution in [2.45, 2.75) is 25.4 Å². The van der Waals surface area contributed by atoms with Crippen molar-refractivity contribution < 1.29 is 19.1 Å². The number of para-hydroxylation sites is 1. The molecule has 0 atom stereocenters. The number of nitrogens with zero attached hydrogens (tertiary/aromatic N) is 5. The normalized spacial score (nSPS) is 18.7. The number of piperidine rings is 1. The highest BCUT2D eigenvalue weighted by Gasteiger charge is 2.33. The van der Waals surface area contributed by atoms with Crippen LogP contribution in [0.1, 0.15) is 18.4 Å². The van der Waals surface area contributed by atoms with Gasteiger partial charge >= 0.3 is 12.1 Å². The molecule has 4 heterocycles. The van der Waals surface area contributed by atoms with Crippen LogP contribution in [0.4, 0.5) is 21.0 Å². The highest BCUT2D eigenvalue weighted by atomic mass is 16.6. The minimum absolute atomic E-state index is 0.0609. The van der Waals surface area contributed by atoms with Crippen molar-refractivity contribution in [2.24, 2.45) is 0 Å². The van der Waals surface area contributed by atoms with Crippen molar-refractivity contribution in [3.63, 3.8) is 0 Å². The molecule has 1 aromatic carbocycles. The van der Waals surface area contributed by atoms with Crippen LogP contribution in [0.2, 0.25) is 0 Å². The summed E-state index contributed by atoms with van der Waals surface area (Å²) in [6.07, 6.45) is 4.40. The van der Waals surface area contributed by atoms with Gasteiger partial charge in [-0.25, -0.2) is 9.59 Å². The van der Waals surface area contributed by atoms with Gasteiger partial charge in [-0.2, -0.15) is 0 Å². The number of amides is 4. The van der Waals surface area contributed by atoms with Crippen LogP contribution in [0.15, 0.2) is 48.8 Å². The van der Waals surface area contributed by atoms with Gasteiger partial charge in [0.1, 0.15) is 0 Å². The Balaban J connectivity index is 1.05. The summed E-state index contributed by atoms with van der Waals surface area (Å²) in [6, 6.07) is 11.7. The molecular weight excluding hydrogens is 448 g/mol. The van der Waals surface area contributed by atoms with Gasteiger partial charge in [-0.1, -0.05) is 18.2 Å². The SMILES string of the molecule is O=C(COC(=O)N1CCC(N2Cc3ccccc3NC2=O)CC1)N1CCN(c2ccncc2)CC1. The van der Waals surface area contributed by atoms with Gasteiger partial charge in [-0.3, -0.25) is 9.78 Å². The topological polar surface area (TPSA) is 98.3 Å². The second-order valence-corrected chi connectivity index (χ2v) is 9.06. The molecule has 10 heteroatoms. The molecule has 4 amide bonds. The molecule has 0 radical (unpaired) electrons. The molecule has 5 rings (SSSR count). The number of ether oxygens (including phenoxy) is 1. The van der Waals surface area contributed by atoms with Gasteiger partial charge in [0.25, 0.3) is 5.91 Å². The summed E-state index contributed by atoms with van der Waals surface area (Å²) in [6.45, 7) is 3.94. The van der Waals surface area contributed by atoms with Crippen molar-refractivity contribution in [1.29, 1.82) is 0 Å². The number of benzene rings is 1. The summed E-state index contributed by atoms with van der Waals surface area (Å²) in [5.41, 5.74) is 3.04. The van der Waals surface area contributed by atoms with E-state index < -0.39 is 6.09 Å². The van der Waals surface area contributed by atoms with Gasteiger partial charge in [0.15, 0.2) is 6.61 Å². The van der Waals surface area contributed by atoms with Crippen LogP contribution in [-0.2, 0) is 16.1 Å². The monoisotopic (exact) mass is 478 g/mol. The summed E-state index contributed by atoms with van der Waals surface area (Å²) < 4.78 is 5.34. The van der Waals surface area contributed by atoms with Gasteiger partial charge < -0.3 is 29.7 Å². The molecule has 0 saturated carbocycles. The molecule has 2 fully saturated rings. The Kier molecular flexibility index (Phi) is 6.69. The van der Waals surface area contributed by atoms with Crippen LogP contribution < -0.4 is 10.2 Å². The molecule has 0 bridgehead atoms. The summed E-state index contributed by atoms with van der Waals surface area (Å²) >= 11 is 0. The predicted octanol–water partition coefficient (Wildman–Crippen LogP) is 2.38. The highest BCUT2D eigenvalue weighted by Crippen LogP contribution is 2.27. The number of anilines is 2. The average molecular weight is 479 g/mol. The number of aromatic nitrogens is 1. The maximum atomic E-state index is 12.6. The molecule has 10 nitrogen and oxygen atoms in total. The summed E-state index contributed by atoms with van der Waals surface area (Å²) in [5, 5.41) is 2.95. The predicted molar refractivity (Wildman–Crippen MR) is 130 cm³/mol. The third-order valence-electron chi connectivity index (χ3n) is 7.00. The number of rotatable bonds is 4. The minimum atomic E-state index is -0.472. The largest absolute Gasteiger partial charge is 0.439 e. The number of carbonyl (C=O) groups excluding carboxylic acids is 3. The van der Waals surface area contributed by atoms with Gasteiger partial charge in [-0.15, -0.1) is 0 Å². The van der Waals surface area contributed by atoms with Crippen LogP contribution >= 0.6 is 0 Å². The van der Waals surface area contributed by atoms with E-state index in [1.165, 1.54) is 0 Å². The fourth-order valence-corrected chi connectivity index (χ4v) is 4.95. The highest BCUT2D eigenvalue weighted by molar-refractivity contribution is 5.92. The number of pyridine rings is 1. The molecule has 35 heavy (non-hydrogen) atoms. The number of piperazine rings is 1. The van der Waals surface area contributed by atoms with Crippen molar-refractivity contribution in [1.82, 2.24) is 19.7 Å². The average Bonchev–Trinajstić information content (AvgIpc) is 2.92. The molecular formula is C25H30N6O4. The zero-order valence-electron chi connectivity index (χ0n) is 19.6. The standard InChI is InChI=1S/C25H30N6O4/c32-23(29-15-13-28(14-16-29)20-5-9-26-10-6-20)18-35-25(34)30-11-7-21(8-12-30)31-17-19-3-1-2-4-22(19)27-24(31)33/h1-6,9-10,21H,7-8,11-18H2,(H,27,33). The molecule has 0 unspecified atom stereocenters. The van der Waals surface area contributed by atoms with Gasteiger partial charge in [0.2, 0.25) is 0 Å². The number of nitrogens with one attached hydrogen (secondary N) is 1. The first-order valence-electron chi connectivity index (χ1n) is 12.1. The number of fused-ring (bicyclic) bond motifs is 1. The van der Waals surface area contributed by atoms with E-state index in [1.54, 1.807) is 22.2 Å². The van der Waals surface area contributed by atoms with E-state index in [0.717, 1.165) is 30.0 Å². The van der Waals surface area contributed by atoms with E-state index in [2.05, 4.69) is 15.2 Å². The van der Waals surface area contributed by atoms with Gasteiger partial charge in [0, 0.05) is 75.6 Å². The fourth-order valence-electron chi connectivity index (χ4n) is 4.95. The van der Waals surface area contributed by atoms with E-state index in [9.17, 15) is 14.4 Å². The van der Waals surface area contributed by atoms with Crippen LogP contribution in [0.5, 0.6) is 0 Å². The zero-order chi connectivity index (χ0) is 24.2.